The number of carbonyl (C=O) groups is 1. The molecular weight excluding hydrogens is 216 g/mol. The molecule has 0 atom stereocenters. The summed E-state index contributed by atoms with van der Waals surface area (Å²) in [5, 5.41) is 0. The van der Waals surface area contributed by atoms with Gasteiger partial charge >= 0.3 is 5.97 Å². The van der Waals surface area contributed by atoms with E-state index in [0.29, 0.717) is 19.8 Å². The topological polar surface area (TPSA) is 44.8 Å². The van der Waals surface area contributed by atoms with Crippen molar-refractivity contribution < 1.29 is 19.0 Å². The normalized spacial score (nSPS) is 9.93. The van der Waals surface area contributed by atoms with Crippen LogP contribution in [0.25, 0.3) is 0 Å². The van der Waals surface area contributed by atoms with Crippen molar-refractivity contribution in [1.29, 1.82) is 0 Å². The van der Waals surface area contributed by atoms with Gasteiger partial charge in [0.05, 0.1) is 26.4 Å². The molecule has 0 heterocycles. The third-order valence-corrected chi connectivity index (χ3v) is 2.02. The van der Waals surface area contributed by atoms with Crippen LogP contribution in [0.5, 0.6) is 0 Å². The van der Waals surface area contributed by atoms with Crippen molar-refractivity contribution in [2.45, 2.75) is 0 Å². The molecule has 0 bridgehead atoms. The number of thioether (sulfide) groups is 1. The molecule has 0 aromatic carbocycles. The Kier molecular flexibility index (Phi) is 11.2. The minimum atomic E-state index is -0.421. The summed E-state index contributed by atoms with van der Waals surface area (Å²) in [4.78, 5) is 10.6. The summed E-state index contributed by atoms with van der Waals surface area (Å²) >= 11 is 1.75. The smallest absolute Gasteiger partial charge is 0.330 e. The lowest BCUT2D eigenvalue weighted by Crippen LogP contribution is -2.12. The molecule has 5 heteroatoms. The van der Waals surface area contributed by atoms with Crippen LogP contribution in [0.2, 0.25) is 0 Å². The van der Waals surface area contributed by atoms with Gasteiger partial charge in [0.25, 0.3) is 0 Å². The summed E-state index contributed by atoms with van der Waals surface area (Å²) in [6.07, 6.45) is 3.17. The van der Waals surface area contributed by atoms with Crippen LogP contribution < -0.4 is 0 Å². The molecule has 0 amide bonds. The molecule has 15 heavy (non-hydrogen) atoms. The molecule has 0 saturated carbocycles. The second-order valence-electron chi connectivity index (χ2n) is 2.59. The zero-order valence-corrected chi connectivity index (χ0v) is 9.88. The first kappa shape index (κ1) is 14.5. The Morgan fingerprint density at radius 1 is 1.20 bits per heavy atom. The average Bonchev–Trinajstić information content (AvgIpc) is 2.26. The molecule has 0 rings (SSSR count). The lowest BCUT2D eigenvalue weighted by atomic mass is 10.6. The predicted molar refractivity (Wildman–Crippen MR) is 61.2 cm³/mol. The van der Waals surface area contributed by atoms with Crippen LogP contribution in [-0.2, 0) is 19.0 Å². The molecule has 0 unspecified atom stereocenters. The minimum absolute atomic E-state index is 0.260. The lowest BCUT2D eigenvalue weighted by Gasteiger charge is -2.05. The fourth-order valence-corrected chi connectivity index (χ4v) is 1.01. The summed E-state index contributed by atoms with van der Waals surface area (Å²) in [5.41, 5.74) is 0. The molecule has 0 saturated heterocycles. The highest BCUT2D eigenvalue weighted by molar-refractivity contribution is 7.98. The van der Waals surface area contributed by atoms with E-state index in [-0.39, 0.29) is 6.61 Å². The molecule has 0 radical (unpaired) electrons. The van der Waals surface area contributed by atoms with Gasteiger partial charge in [-0.15, -0.1) is 0 Å². The first-order chi connectivity index (χ1) is 7.31. The summed E-state index contributed by atoms with van der Waals surface area (Å²) in [5.74, 6) is 0.576. The van der Waals surface area contributed by atoms with E-state index < -0.39 is 5.97 Å². The third kappa shape index (κ3) is 11.4. The molecule has 4 nitrogen and oxygen atoms in total. The number of carbonyl (C=O) groups excluding carboxylic acids is 1. The Morgan fingerprint density at radius 3 is 2.40 bits per heavy atom. The Balaban J connectivity index is 2.98. The summed E-state index contributed by atoms with van der Waals surface area (Å²) in [7, 11) is 0. The molecule has 0 spiro atoms. The summed E-state index contributed by atoms with van der Waals surface area (Å²) in [6, 6.07) is 0. The maximum Gasteiger partial charge on any atom is 0.330 e. The van der Waals surface area contributed by atoms with Gasteiger partial charge in [0.1, 0.15) is 6.61 Å². The van der Waals surface area contributed by atoms with Gasteiger partial charge in [-0.3, -0.25) is 0 Å². The Labute approximate surface area is 95.0 Å². The minimum Gasteiger partial charge on any atom is -0.460 e. The second-order valence-corrected chi connectivity index (χ2v) is 3.57. The van der Waals surface area contributed by atoms with E-state index in [1.165, 1.54) is 0 Å². The SMILES string of the molecule is C=CC(=O)OCCOCCOCCSC. The Hall–Kier alpha value is -0.520. The molecule has 0 aliphatic carbocycles. The van der Waals surface area contributed by atoms with Gasteiger partial charge in [-0.2, -0.15) is 11.8 Å². The predicted octanol–water partition coefficient (Wildman–Crippen LogP) is 1.11. The van der Waals surface area contributed by atoms with Crippen molar-refractivity contribution in [2.75, 3.05) is 45.0 Å². The first-order valence-corrected chi connectivity index (χ1v) is 6.14. The van der Waals surface area contributed by atoms with Gasteiger partial charge < -0.3 is 14.2 Å². The Bertz CT molecular complexity index is 173. The van der Waals surface area contributed by atoms with Gasteiger partial charge in [-0.1, -0.05) is 6.58 Å². The number of rotatable bonds is 10. The van der Waals surface area contributed by atoms with E-state index in [2.05, 4.69) is 6.58 Å². The van der Waals surface area contributed by atoms with Crippen molar-refractivity contribution in [1.82, 2.24) is 0 Å². The maximum absolute atomic E-state index is 10.6. The zero-order valence-electron chi connectivity index (χ0n) is 9.07. The number of hydrogen-bond acceptors (Lipinski definition) is 5. The quantitative estimate of drug-likeness (QED) is 0.322. The number of ether oxygens (including phenoxy) is 3. The van der Waals surface area contributed by atoms with Crippen molar-refractivity contribution in [2.24, 2.45) is 0 Å². The van der Waals surface area contributed by atoms with Crippen LogP contribution in [0.15, 0.2) is 12.7 Å². The van der Waals surface area contributed by atoms with Gasteiger partial charge in [0.15, 0.2) is 0 Å². The van der Waals surface area contributed by atoms with E-state index in [1.807, 2.05) is 6.26 Å². The van der Waals surface area contributed by atoms with Gasteiger partial charge in [0.2, 0.25) is 0 Å². The zero-order chi connectivity index (χ0) is 11.4. The third-order valence-electron chi connectivity index (χ3n) is 1.44. The fourth-order valence-electron chi connectivity index (χ4n) is 0.724. The molecule has 88 valence electrons. The van der Waals surface area contributed by atoms with Crippen molar-refractivity contribution >= 4 is 17.7 Å². The highest BCUT2D eigenvalue weighted by Crippen LogP contribution is 1.90. The van der Waals surface area contributed by atoms with Gasteiger partial charge in [-0.25, -0.2) is 4.79 Å². The molecule has 0 N–H and O–H groups in total. The van der Waals surface area contributed by atoms with Crippen molar-refractivity contribution in [3.63, 3.8) is 0 Å². The van der Waals surface area contributed by atoms with E-state index >= 15 is 0 Å². The molecule has 0 aromatic heterocycles. The van der Waals surface area contributed by atoms with Crippen LogP contribution in [-0.4, -0.2) is 51.0 Å². The lowest BCUT2D eigenvalue weighted by molar-refractivity contribution is -0.139. The van der Waals surface area contributed by atoms with E-state index in [4.69, 9.17) is 14.2 Å². The maximum atomic E-state index is 10.6. The van der Waals surface area contributed by atoms with Crippen molar-refractivity contribution in [3.05, 3.63) is 12.7 Å². The molecule has 0 aromatic rings. The van der Waals surface area contributed by atoms with E-state index in [0.717, 1.165) is 18.4 Å². The monoisotopic (exact) mass is 234 g/mol. The van der Waals surface area contributed by atoms with E-state index in [1.54, 1.807) is 11.8 Å². The summed E-state index contributed by atoms with van der Waals surface area (Å²) < 4.78 is 15.1. The molecule has 0 aliphatic heterocycles. The fraction of sp³-hybridized carbons (Fsp3) is 0.700. The first-order valence-electron chi connectivity index (χ1n) is 4.75. The highest BCUT2D eigenvalue weighted by Gasteiger charge is 1.94. The second kappa shape index (κ2) is 11.6. The molecule has 0 aliphatic rings. The van der Waals surface area contributed by atoms with Crippen LogP contribution in [0.3, 0.4) is 0 Å². The summed E-state index contributed by atoms with van der Waals surface area (Å²) in [6.45, 7) is 5.79. The Morgan fingerprint density at radius 2 is 1.80 bits per heavy atom. The van der Waals surface area contributed by atoms with Gasteiger partial charge in [0, 0.05) is 11.8 Å². The average molecular weight is 234 g/mol. The van der Waals surface area contributed by atoms with E-state index in [9.17, 15) is 4.79 Å². The molecular formula is C10H18O4S. The highest BCUT2D eigenvalue weighted by atomic mass is 32.2. The standard InChI is InChI=1S/C10H18O4S/c1-3-10(11)14-7-6-12-4-5-13-8-9-15-2/h3H,1,4-9H2,2H3. The number of esters is 1. The van der Waals surface area contributed by atoms with Crippen LogP contribution in [0.4, 0.5) is 0 Å². The van der Waals surface area contributed by atoms with Crippen LogP contribution in [0, 0.1) is 0 Å². The van der Waals surface area contributed by atoms with Crippen LogP contribution >= 0.6 is 11.8 Å². The van der Waals surface area contributed by atoms with Gasteiger partial charge in [-0.05, 0) is 6.26 Å². The van der Waals surface area contributed by atoms with Crippen molar-refractivity contribution in [3.8, 4) is 0 Å². The number of hydrogen-bond donors (Lipinski definition) is 0. The molecule has 0 fully saturated rings. The largest absolute Gasteiger partial charge is 0.460 e. The van der Waals surface area contributed by atoms with Crippen LogP contribution in [0.1, 0.15) is 0 Å².